The van der Waals surface area contributed by atoms with E-state index in [0.29, 0.717) is 5.96 Å². The zero-order valence-corrected chi connectivity index (χ0v) is 15.3. The smallest absolute Gasteiger partial charge is 0.368 e. The summed E-state index contributed by atoms with van der Waals surface area (Å²) in [6, 6.07) is 10.1. The lowest BCUT2D eigenvalue weighted by atomic mass is 10.2. The van der Waals surface area contributed by atoms with Crippen LogP contribution in [0.4, 0.5) is 18.9 Å². The summed E-state index contributed by atoms with van der Waals surface area (Å²) in [7, 11) is 1.60. The lowest BCUT2D eigenvalue weighted by Gasteiger charge is -2.37. The van der Waals surface area contributed by atoms with E-state index in [4.69, 9.17) is 0 Å². The summed E-state index contributed by atoms with van der Waals surface area (Å²) in [5.41, 5.74) is 1.17. The Labute approximate surface area is 151 Å². The third-order valence-electron chi connectivity index (χ3n) is 3.60. The Bertz CT molecular complexity index is 485. The number of benzene rings is 1. The lowest BCUT2D eigenvalue weighted by molar-refractivity contribution is -0.132. The van der Waals surface area contributed by atoms with Gasteiger partial charge in [0.2, 0.25) is 0 Å². The number of rotatable bonds is 3. The molecule has 4 nitrogen and oxygen atoms in total. The molecular formula is C15H22F3IN4. The van der Waals surface area contributed by atoms with Crippen LogP contribution in [0.5, 0.6) is 0 Å². The minimum absolute atomic E-state index is 0. The van der Waals surface area contributed by atoms with E-state index >= 15 is 0 Å². The molecule has 0 bridgehead atoms. The van der Waals surface area contributed by atoms with E-state index < -0.39 is 12.6 Å². The van der Waals surface area contributed by atoms with Crippen molar-refractivity contribution in [1.82, 2.24) is 10.2 Å². The number of nitrogens with one attached hydrogen (secondary N) is 1. The van der Waals surface area contributed by atoms with Gasteiger partial charge in [0, 0.05) is 45.5 Å². The molecule has 23 heavy (non-hydrogen) atoms. The topological polar surface area (TPSA) is 30.9 Å². The van der Waals surface area contributed by atoms with Gasteiger partial charge in [0.25, 0.3) is 0 Å². The first-order valence-electron chi connectivity index (χ1n) is 7.32. The maximum Gasteiger partial charge on any atom is 0.390 e. The van der Waals surface area contributed by atoms with Crippen molar-refractivity contribution in [2.45, 2.75) is 12.6 Å². The molecule has 8 heteroatoms. The normalized spacial score (nSPS) is 16.1. The highest BCUT2D eigenvalue weighted by Crippen LogP contribution is 2.18. The van der Waals surface area contributed by atoms with Gasteiger partial charge in [0.05, 0.1) is 6.42 Å². The van der Waals surface area contributed by atoms with Crippen molar-refractivity contribution in [3.05, 3.63) is 30.3 Å². The first kappa shape index (κ1) is 19.9. The van der Waals surface area contributed by atoms with E-state index in [9.17, 15) is 13.2 Å². The molecule has 2 rings (SSSR count). The Morgan fingerprint density at radius 1 is 1.13 bits per heavy atom. The fraction of sp³-hybridized carbons (Fsp3) is 0.533. The predicted molar refractivity (Wildman–Crippen MR) is 97.7 cm³/mol. The van der Waals surface area contributed by atoms with Gasteiger partial charge in [-0.3, -0.25) is 4.99 Å². The number of nitrogens with zero attached hydrogens (tertiary/aromatic N) is 3. The molecule has 0 saturated carbocycles. The molecule has 1 aliphatic heterocycles. The second kappa shape index (κ2) is 9.19. The van der Waals surface area contributed by atoms with Crippen LogP contribution >= 0.6 is 24.0 Å². The van der Waals surface area contributed by atoms with Gasteiger partial charge in [0.1, 0.15) is 0 Å². The van der Waals surface area contributed by atoms with Crippen LogP contribution in [0, 0.1) is 0 Å². The summed E-state index contributed by atoms with van der Waals surface area (Å²) in [5.74, 6) is 0.539. The molecular weight excluding hydrogens is 420 g/mol. The summed E-state index contributed by atoms with van der Waals surface area (Å²) >= 11 is 0. The highest BCUT2D eigenvalue weighted by molar-refractivity contribution is 14.0. The Morgan fingerprint density at radius 2 is 1.74 bits per heavy atom. The van der Waals surface area contributed by atoms with Gasteiger partial charge < -0.3 is 15.1 Å². The van der Waals surface area contributed by atoms with Crippen LogP contribution in [-0.2, 0) is 0 Å². The molecule has 1 fully saturated rings. The number of aliphatic imine (C=N–C) groups is 1. The largest absolute Gasteiger partial charge is 0.390 e. The Balaban J connectivity index is 0.00000264. The van der Waals surface area contributed by atoms with Crippen molar-refractivity contribution >= 4 is 35.6 Å². The minimum Gasteiger partial charge on any atom is -0.368 e. The summed E-state index contributed by atoms with van der Waals surface area (Å²) in [6.07, 6.45) is -4.99. The van der Waals surface area contributed by atoms with E-state index in [1.165, 1.54) is 5.69 Å². The molecule has 1 saturated heterocycles. The van der Waals surface area contributed by atoms with Crippen molar-refractivity contribution in [2.24, 2.45) is 4.99 Å². The number of piperazine rings is 1. The van der Waals surface area contributed by atoms with Gasteiger partial charge in [-0.25, -0.2) is 0 Å². The number of guanidine groups is 1. The van der Waals surface area contributed by atoms with Gasteiger partial charge >= 0.3 is 6.18 Å². The third kappa shape index (κ3) is 6.44. The van der Waals surface area contributed by atoms with Crippen LogP contribution in [-0.4, -0.2) is 56.8 Å². The summed E-state index contributed by atoms with van der Waals surface area (Å²) < 4.78 is 36.6. The summed E-state index contributed by atoms with van der Waals surface area (Å²) in [4.78, 5) is 8.33. The highest BCUT2D eigenvalue weighted by Gasteiger charge is 2.27. The number of anilines is 1. The summed E-state index contributed by atoms with van der Waals surface area (Å²) in [5, 5.41) is 2.79. The second-order valence-electron chi connectivity index (χ2n) is 5.15. The van der Waals surface area contributed by atoms with Crippen LogP contribution in [0.1, 0.15) is 6.42 Å². The van der Waals surface area contributed by atoms with Gasteiger partial charge in [-0.1, -0.05) is 18.2 Å². The van der Waals surface area contributed by atoms with Crippen LogP contribution in [0.15, 0.2) is 35.3 Å². The van der Waals surface area contributed by atoms with Gasteiger partial charge in [-0.15, -0.1) is 24.0 Å². The maximum atomic E-state index is 12.2. The van der Waals surface area contributed by atoms with E-state index in [1.54, 1.807) is 7.05 Å². The van der Waals surface area contributed by atoms with Crippen LogP contribution in [0.25, 0.3) is 0 Å². The molecule has 0 aliphatic carbocycles. The zero-order chi connectivity index (χ0) is 16.0. The number of alkyl halides is 3. The molecule has 1 aliphatic rings. The molecule has 0 aromatic heterocycles. The third-order valence-corrected chi connectivity index (χ3v) is 3.60. The predicted octanol–water partition coefficient (Wildman–Crippen LogP) is 2.95. The van der Waals surface area contributed by atoms with Crippen LogP contribution in [0.2, 0.25) is 0 Å². The molecule has 0 unspecified atom stereocenters. The van der Waals surface area contributed by atoms with E-state index in [2.05, 4.69) is 27.3 Å². The molecule has 1 N–H and O–H groups in total. The maximum absolute atomic E-state index is 12.2. The van der Waals surface area contributed by atoms with Crippen molar-refractivity contribution in [3.8, 4) is 0 Å². The van der Waals surface area contributed by atoms with Gasteiger partial charge in [0.15, 0.2) is 5.96 Å². The van der Waals surface area contributed by atoms with Gasteiger partial charge in [-0.05, 0) is 12.1 Å². The zero-order valence-electron chi connectivity index (χ0n) is 13.0. The second-order valence-corrected chi connectivity index (χ2v) is 5.15. The molecule has 0 spiro atoms. The lowest BCUT2D eigenvalue weighted by Crippen LogP contribution is -2.52. The Hall–Kier alpha value is -1.19. The number of hydrogen-bond acceptors (Lipinski definition) is 2. The monoisotopic (exact) mass is 442 g/mol. The molecule has 0 amide bonds. The van der Waals surface area contributed by atoms with E-state index in [0.717, 1.165) is 26.2 Å². The standard InChI is InChI=1S/C15H21F3N4.HI/c1-19-14(20-8-7-15(16,17)18)22-11-9-21(10-12-22)13-5-3-2-4-6-13;/h2-6H,7-12H2,1H3,(H,19,20);1H. The molecule has 0 radical (unpaired) electrons. The average molecular weight is 442 g/mol. The molecule has 1 heterocycles. The van der Waals surface area contributed by atoms with Crippen LogP contribution in [0.3, 0.4) is 0 Å². The minimum atomic E-state index is -4.14. The van der Waals surface area contributed by atoms with Crippen molar-refractivity contribution in [3.63, 3.8) is 0 Å². The highest BCUT2D eigenvalue weighted by atomic mass is 127. The number of halogens is 4. The van der Waals surface area contributed by atoms with E-state index in [-0.39, 0.29) is 30.5 Å². The summed E-state index contributed by atoms with van der Waals surface area (Å²) in [6.45, 7) is 2.98. The van der Waals surface area contributed by atoms with E-state index in [1.807, 2.05) is 23.1 Å². The molecule has 130 valence electrons. The molecule has 1 aromatic rings. The Morgan fingerprint density at radius 3 is 2.26 bits per heavy atom. The first-order chi connectivity index (χ1) is 10.5. The number of hydrogen-bond donors (Lipinski definition) is 1. The Kier molecular flexibility index (Phi) is 7.93. The molecule has 1 aromatic carbocycles. The quantitative estimate of drug-likeness (QED) is 0.444. The van der Waals surface area contributed by atoms with Crippen molar-refractivity contribution in [2.75, 3.05) is 44.7 Å². The molecule has 0 atom stereocenters. The van der Waals surface area contributed by atoms with Gasteiger partial charge in [-0.2, -0.15) is 13.2 Å². The fourth-order valence-electron chi connectivity index (χ4n) is 2.46. The fourth-order valence-corrected chi connectivity index (χ4v) is 2.46. The SMILES string of the molecule is CN=C(NCCC(F)(F)F)N1CCN(c2ccccc2)CC1.I. The average Bonchev–Trinajstić information content (AvgIpc) is 2.52. The number of para-hydroxylation sites is 1. The van der Waals surface area contributed by atoms with Crippen LogP contribution < -0.4 is 10.2 Å². The first-order valence-corrected chi connectivity index (χ1v) is 7.32. The van der Waals surface area contributed by atoms with Crippen molar-refractivity contribution in [1.29, 1.82) is 0 Å². The van der Waals surface area contributed by atoms with Crippen molar-refractivity contribution < 1.29 is 13.2 Å².